The molecule has 26 heavy (non-hydrogen) atoms. The van der Waals surface area contributed by atoms with Crippen LogP contribution in [0.3, 0.4) is 0 Å². The Balaban J connectivity index is 1.69. The molecule has 0 radical (unpaired) electrons. The third-order valence-electron chi connectivity index (χ3n) is 3.74. The summed E-state index contributed by atoms with van der Waals surface area (Å²) in [4.78, 5) is 12.2. The molecule has 2 aromatic heterocycles. The van der Waals surface area contributed by atoms with Crippen molar-refractivity contribution in [3.05, 3.63) is 41.0 Å². The number of carbonyl (C=O) groups excluding carboxylic acids is 1. The first kappa shape index (κ1) is 18.5. The van der Waals surface area contributed by atoms with E-state index in [-0.39, 0.29) is 11.7 Å². The number of rotatable bonds is 6. The van der Waals surface area contributed by atoms with E-state index in [0.29, 0.717) is 22.5 Å². The summed E-state index contributed by atoms with van der Waals surface area (Å²) in [6, 6.07) is 9.29. The number of hydrogen-bond acceptors (Lipinski definition) is 5. The molecule has 0 unspecified atom stereocenters. The summed E-state index contributed by atoms with van der Waals surface area (Å²) in [6.07, 6.45) is 0. The van der Waals surface area contributed by atoms with E-state index in [1.54, 1.807) is 11.7 Å². The molecule has 3 aromatic rings. The van der Waals surface area contributed by atoms with Gasteiger partial charge in [0.25, 0.3) is 0 Å². The largest absolute Gasteiger partial charge is 0.310 e. The third kappa shape index (κ3) is 4.08. The summed E-state index contributed by atoms with van der Waals surface area (Å²) in [5.41, 5.74) is 1.79. The van der Waals surface area contributed by atoms with Crippen molar-refractivity contribution >= 4 is 35.1 Å². The van der Waals surface area contributed by atoms with Crippen LogP contribution in [0.4, 0.5) is 5.82 Å². The van der Waals surface area contributed by atoms with Gasteiger partial charge < -0.3 is 9.88 Å². The van der Waals surface area contributed by atoms with Crippen LogP contribution >= 0.6 is 23.4 Å². The van der Waals surface area contributed by atoms with E-state index in [1.807, 2.05) is 48.7 Å². The maximum atomic E-state index is 12.2. The van der Waals surface area contributed by atoms with E-state index in [1.165, 1.54) is 11.8 Å². The van der Waals surface area contributed by atoms with Crippen molar-refractivity contribution in [3.63, 3.8) is 0 Å². The Morgan fingerprint density at radius 3 is 2.62 bits per heavy atom. The zero-order valence-electron chi connectivity index (χ0n) is 14.7. The van der Waals surface area contributed by atoms with Crippen molar-refractivity contribution in [2.24, 2.45) is 7.05 Å². The highest BCUT2D eigenvalue weighted by molar-refractivity contribution is 7.99. The summed E-state index contributed by atoms with van der Waals surface area (Å²) in [7, 11) is 1.79. The van der Waals surface area contributed by atoms with Crippen molar-refractivity contribution < 1.29 is 4.79 Å². The fraction of sp³-hybridized carbons (Fsp3) is 0.294. The zero-order chi connectivity index (χ0) is 18.7. The molecule has 0 fully saturated rings. The van der Waals surface area contributed by atoms with E-state index in [0.717, 1.165) is 17.1 Å². The highest BCUT2D eigenvalue weighted by Gasteiger charge is 2.15. The second-order valence-corrected chi connectivity index (χ2v) is 7.07. The first-order valence-electron chi connectivity index (χ1n) is 8.10. The standard InChI is InChI=1S/C17H19ClN6OS/c1-4-24-16(12-5-7-13(18)8-6-12)20-21-17(24)26-10-15(25)19-14-9-11(2)22-23(14)3/h5-9H,4,10H2,1-3H3,(H,19,25). The predicted octanol–water partition coefficient (Wildman–Crippen LogP) is 3.39. The number of nitrogens with zero attached hydrogens (tertiary/aromatic N) is 5. The van der Waals surface area contributed by atoms with Crippen LogP contribution in [0.15, 0.2) is 35.5 Å². The van der Waals surface area contributed by atoms with Gasteiger partial charge in [0.15, 0.2) is 11.0 Å². The Labute approximate surface area is 160 Å². The Bertz CT molecular complexity index is 918. The van der Waals surface area contributed by atoms with Gasteiger partial charge in [0, 0.05) is 30.2 Å². The molecule has 0 aliphatic heterocycles. The normalized spacial score (nSPS) is 10.9. The number of thioether (sulfide) groups is 1. The van der Waals surface area contributed by atoms with Crippen LogP contribution in [0.1, 0.15) is 12.6 Å². The second-order valence-electron chi connectivity index (χ2n) is 5.69. The molecule has 0 saturated carbocycles. The van der Waals surface area contributed by atoms with Crippen LogP contribution in [-0.2, 0) is 18.4 Å². The molecule has 9 heteroatoms. The van der Waals surface area contributed by atoms with Gasteiger partial charge in [-0.2, -0.15) is 5.10 Å². The maximum absolute atomic E-state index is 12.2. The molecule has 0 aliphatic rings. The lowest BCUT2D eigenvalue weighted by Crippen LogP contribution is -2.16. The topological polar surface area (TPSA) is 77.6 Å². The Hall–Kier alpha value is -2.32. The monoisotopic (exact) mass is 390 g/mol. The van der Waals surface area contributed by atoms with Crippen LogP contribution in [0.5, 0.6) is 0 Å². The molecule has 1 aromatic carbocycles. The van der Waals surface area contributed by atoms with E-state index in [9.17, 15) is 4.79 Å². The van der Waals surface area contributed by atoms with Gasteiger partial charge in [-0.05, 0) is 38.1 Å². The van der Waals surface area contributed by atoms with Crippen LogP contribution in [0.25, 0.3) is 11.4 Å². The third-order valence-corrected chi connectivity index (χ3v) is 4.96. The van der Waals surface area contributed by atoms with Crippen LogP contribution in [0, 0.1) is 6.92 Å². The van der Waals surface area contributed by atoms with Gasteiger partial charge >= 0.3 is 0 Å². The summed E-state index contributed by atoms with van der Waals surface area (Å²) >= 11 is 7.30. The average molecular weight is 391 g/mol. The van der Waals surface area contributed by atoms with Crippen LogP contribution < -0.4 is 5.32 Å². The van der Waals surface area contributed by atoms with E-state index < -0.39 is 0 Å². The molecule has 0 aliphatic carbocycles. The summed E-state index contributed by atoms with van der Waals surface area (Å²) in [6.45, 7) is 4.60. The van der Waals surface area contributed by atoms with Crippen molar-refractivity contribution in [3.8, 4) is 11.4 Å². The first-order chi connectivity index (χ1) is 12.5. The quantitative estimate of drug-likeness (QED) is 0.653. The molecule has 0 bridgehead atoms. The zero-order valence-corrected chi connectivity index (χ0v) is 16.3. The van der Waals surface area contributed by atoms with E-state index in [2.05, 4.69) is 20.6 Å². The van der Waals surface area contributed by atoms with Crippen molar-refractivity contribution in [1.29, 1.82) is 0 Å². The van der Waals surface area contributed by atoms with Crippen molar-refractivity contribution in [2.75, 3.05) is 11.1 Å². The molecule has 1 N–H and O–H groups in total. The van der Waals surface area contributed by atoms with E-state index in [4.69, 9.17) is 11.6 Å². The smallest absolute Gasteiger partial charge is 0.235 e. The van der Waals surface area contributed by atoms with E-state index >= 15 is 0 Å². The number of amides is 1. The SMILES string of the molecule is CCn1c(SCC(=O)Nc2cc(C)nn2C)nnc1-c1ccc(Cl)cc1. The molecule has 3 rings (SSSR count). The van der Waals surface area contributed by atoms with Gasteiger partial charge in [-0.3, -0.25) is 9.48 Å². The number of hydrogen-bond donors (Lipinski definition) is 1. The Morgan fingerprint density at radius 2 is 2.00 bits per heavy atom. The van der Waals surface area contributed by atoms with Crippen molar-refractivity contribution in [2.45, 2.75) is 25.5 Å². The lowest BCUT2D eigenvalue weighted by molar-refractivity contribution is -0.113. The van der Waals surface area contributed by atoms with Gasteiger partial charge in [-0.15, -0.1) is 10.2 Å². The first-order valence-corrected chi connectivity index (χ1v) is 9.46. The molecule has 0 saturated heterocycles. The van der Waals surface area contributed by atoms with Crippen LogP contribution in [0.2, 0.25) is 5.02 Å². The molecular weight excluding hydrogens is 372 g/mol. The Kier molecular flexibility index (Phi) is 5.63. The molecule has 7 nitrogen and oxygen atoms in total. The summed E-state index contributed by atoms with van der Waals surface area (Å²) in [5.74, 6) is 1.56. The molecular formula is C17H19ClN6OS. The molecule has 0 spiro atoms. The second kappa shape index (κ2) is 7.92. The molecule has 2 heterocycles. The minimum atomic E-state index is -0.114. The lowest BCUT2D eigenvalue weighted by atomic mass is 10.2. The molecule has 1 amide bonds. The van der Waals surface area contributed by atoms with Gasteiger partial charge in [-0.25, -0.2) is 0 Å². The Morgan fingerprint density at radius 1 is 1.27 bits per heavy atom. The number of carbonyl (C=O) groups is 1. The number of aromatic nitrogens is 5. The van der Waals surface area contributed by atoms with Crippen molar-refractivity contribution in [1.82, 2.24) is 24.5 Å². The van der Waals surface area contributed by atoms with Gasteiger partial charge in [-0.1, -0.05) is 23.4 Å². The number of anilines is 1. The highest BCUT2D eigenvalue weighted by Crippen LogP contribution is 2.25. The van der Waals surface area contributed by atoms with Gasteiger partial charge in [0.1, 0.15) is 5.82 Å². The lowest BCUT2D eigenvalue weighted by Gasteiger charge is -2.08. The number of aryl methyl sites for hydroxylation is 2. The summed E-state index contributed by atoms with van der Waals surface area (Å²) in [5, 5.41) is 16.9. The maximum Gasteiger partial charge on any atom is 0.235 e. The van der Waals surface area contributed by atoms with Gasteiger partial charge in [0.2, 0.25) is 5.91 Å². The fourth-order valence-corrected chi connectivity index (χ4v) is 3.46. The highest BCUT2D eigenvalue weighted by atomic mass is 35.5. The fourth-order valence-electron chi connectivity index (χ4n) is 2.53. The molecule has 0 atom stereocenters. The summed E-state index contributed by atoms with van der Waals surface area (Å²) < 4.78 is 3.63. The minimum absolute atomic E-state index is 0.114. The van der Waals surface area contributed by atoms with Crippen LogP contribution in [-0.4, -0.2) is 36.2 Å². The minimum Gasteiger partial charge on any atom is -0.310 e. The van der Waals surface area contributed by atoms with Gasteiger partial charge in [0.05, 0.1) is 11.4 Å². The average Bonchev–Trinajstić information content (AvgIpc) is 3.16. The predicted molar refractivity (Wildman–Crippen MR) is 103 cm³/mol. The number of nitrogens with one attached hydrogen (secondary N) is 1. The number of benzene rings is 1. The number of halogens is 1. The molecule has 136 valence electrons.